The third-order valence-corrected chi connectivity index (χ3v) is 5.66. The van der Waals surface area contributed by atoms with E-state index in [9.17, 15) is 18.0 Å². The van der Waals surface area contributed by atoms with Gasteiger partial charge in [-0.3, -0.25) is 0 Å². The second-order valence-corrected chi connectivity index (χ2v) is 7.73. The molecule has 0 unspecified atom stereocenters. The van der Waals surface area contributed by atoms with Gasteiger partial charge in [-0.1, -0.05) is 30.3 Å². The second kappa shape index (κ2) is 7.44. The van der Waals surface area contributed by atoms with Crippen molar-refractivity contribution in [1.29, 1.82) is 0 Å². The van der Waals surface area contributed by atoms with Gasteiger partial charge >= 0.3 is 11.8 Å². The second-order valence-electron chi connectivity index (χ2n) is 7.73. The Morgan fingerprint density at radius 2 is 1.69 bits per heavy atom. The molecule has 0 spiro atoms. The number of ether oxygens (including phenoxy) is 1. The molecule has 32 heavy (non-hydrogen) atoms. The zero-order valence-corrected chi connectivity index (χ0v) is 17.1. The van der Waals surface area contributed by atoms with Crippen LogP contribution in [0.15, 0.2) is 75.9 Å². The van der Waals surface area contributed by atoms with Crippen LogP contribution in [0.3, 0.4) is 0 Å². The number of benzene rings is 3. The summed E-state index contributed by atoms with van der Waals surface area (Å²) in [4.78, 5) is 14.1. The Hall–Kier alpha value is -3.74. The van der Waals surface area contributed by atoms with Crippen LogP contribution in [0.25, 0.3) is 22.1 Å². The van der Waals surface area contributed by atoms with Crippen molar-refractivity contribution in [3.05, 3.63) is 93.8 Å². The summed E-state index contributed by atoms with van der Waals surface area (Å²) in [5, 5.41) is 0.782. The maximum absolute atomic E-state index is 12.9. The monoisotopic (exact) mass is 437 g/mol. The van der Waals surface area contributed by atoms with Crippen molar-refractivity contribution < 1.29 is 22.3 Å². The lowest BCUT2D eigenvalue weighted by Gasteiger charge is -2.32. The van der Waals surface area contributed by atoms with Crippen LogP contribution in [-0.2, 0) is 12.7 Å². The lowest BCUT2D eigenvalue weighted by molar-refractivity contribution is -0.137. The van der Waals surface area contributed by atoms with Crippen LogP contribution in [0.5, 0.6) is 5.75 Å². The molecule has 2 heterocycles. The number of alkyl halides is 3. The minimum atomic E-state index is -4.38. The first-order valence-electron chi connectivity index (χ1n) is 10.0. The molecule has 1 aromatic heterocycles. The molecule has 5 rings (SSSR count). The summed E-state index contributed by atoms with van der Waals surface area (Å²) >= 11 is 0. The largest absolute Gasteiger partial charge is 0.472 e. The van der Waals surface area contributed by atoms with Crippen LogP contribution >= 0.6 is 0 Å². The first-order chi connectivity index (χ1) is 15.3. The van der Waals surface area contributed by atoms with Crippen molar-refractivity contribution in [3.8, 4) is 16.9 Å². The highest BCUT2D eigenvalue weighted by atomic mass is 19.4. The third-order valence-electron chi connectivity index (χ3n) is 5.66. The molecule has 7 heteroatoms. The Morgan fingerprint density at radius 1 is 0.969 bits per heavy atom. The average Bonchev–Trinajstić information content (AvgIpc) is 2.79. The normalized spacial score (nSPS) is 13.7. The van der Waals surface area contributed by atoms with Gasteiger partial charge in [0.1, 0.15) is 11.3 Å². The van der Waals surface area contributed by atoms with Crippen LogP contribution in [-0.4, -0.2) is 6.73 Å². The van der Waals surface area contributed by atoms with Crippen LogP contribution in [0.4, 0.5) is 18.9 Å². The Morgan fingerprint density at radius 3 is 2.38 bits per heavy atom. The van der Waals surface area contributed by atoms with E-state index >= 15 is 0 Å². The summed E-state index contributed by atoms with van der Waals surface area (Å²) in [6.45, 7) is 2.46. The molecule has 0 saturated heterocycles. The van der Waals surface area contributed by atoms with Crippen molar-refractivity contribution in [3.63, 3.8) is 0 Å². The van der Waals surface area contributed by atoms with Crippen molar-refractivity contribution in [2.24, 2.45) is 0 Å². The third kappa shape index (κ3) is 3.49. The summed E-state index contributed by atoms with van der Waals surface area (Å²) in [5.74, 6) is 0.633. The molecular formula is C25H18F3NO3. The minimum Gasteiger partial charge on any atom is -0.472 e. The van der Waals surface area contributed by atoms with Gasteiger partial charge in [0.2, 0.25) is 0 Å². The van der Waals surface area contributed by atoms with Gasteiger partial charge in [0.05, 0.1) is 5.56 Å². The van der Waals surface area contributed by atoms with Crippen molar-refractivity contribution in [2.75, 3.05) is 11.6 Å². The van der Waals surface area contributed by atoms with Crippen LogP contribution in [0.1, 0.15) is 16.7 Å². The van der Waals surface area contributed by atoms with Crippen molar-refractivity contribution >= 4 is 16.7 Å². The van der Waals surface area contributed by atoms with Gasteiger partial charge in [-0.15, -0.1) is 0 Å². The highest BCUT2D eigenvalue weighted by Gasteiger charge is 2.30. The highest BCUT2D eigenvalue weighted by Crippen LogP contribution is 2.39. The molecule has 0 radical (unpaired) electrons. The summed E-state index contributed by atoms with van der Waals surface area (Å²) in [6.07, 6.45) is -4.38. The maximum atomic E-state index is 12.9. The van der Waals surface area contributed by atoms with E-state index in [-0.39, 0.29) is 6.73 Å². The van der Waals surface area contributed by atoms with E-state index in [0.717, 1.165) is 39.8 Å². The molecular weight excluding hydrogens is 419 g/mol. The molecule has 4 aromatic rings. The van der Waals surface area contributed by atoms with E-state index in [1.807, 2.05) is 48.2 Å². The number of hydrogen-bond donors (Lipinski definition) is 0. The SMILES string of the molecule is Cc1c2c(cc3c(-c4ccccc4)cc(=O)oc13)CN(c1ccc(C(F)(F)F)cc1)CO2. The van der Waals surface area contributed by atoms with Gasteiger partial charge in [-0.05, 0) is 48.4 Å². The Labute approximate surface area is 181 Å². The molecule has 1 aliphatic rings. The minimum absolute atomic E-state index is 0.174. The topological polar surface area (TPSA) is 42.7 Å². The number of aryl methyl sites for hydroxylation is 1. The van der Waals surface area contributed by atoms with Gasteiger partial charge in [0.25, 0.3) is 0 Å². The maximum Gasteiger partial charge on any atom is 0.416 e. The van der Waals surface area contributed by atoms with Crippen LogP contribution < -0.4 is 15.3 Å². The quantitative estimate of drug-likeness (QED) is 0.353. The fourth-order valence-corrected chi connectivity index (χ4v) is 4.10. The number of hydrogen-bond acceptors (Lipinski definition) is 4. The Balaban J connectivity index is 1.58. The molecule has 1 aliphatic heterocycles. The Kier molecular flexibility index (Phi) is 4.69. The molecule has 0 N–H and O–H groups in total. The number of fused-ring (bicyclic) bond motifs is 2. The Bertz CT molecular complexity index is 1360. The van der Waals surface area contributed by atoms with Gasteiger partial charge in [-0.2, -0.15) is 13.2 Å². The van der Waals surface area contributed by atoms with Crippen LogP contribution in [0, 0.1) is 6.92 Å². The molecule has 0 amide bonds. The zero-order valence-electron chi connectivity index (χ0n) is 17.1. The number of halogens is 3. The summed E-state index contributed by atoms with van der Waals surface area (Å²) in [5.41, 5.74) is 3.20. The van der Waals surface area contributed by atoms with E-state index in [4.69, 9.17) is 9.15 Å². The van der Waals surface area contributed by atoms with Crippen molar-refractivity contribution in [2.45, 2.75) is 19.6 Å². The smallest absolute Gasteiger partial charge is 0.416 e. The molecule has 0 saturated carbocycles. The molecule has 3 aromatic carbocycles. The van der Waals surface area contributed by atoms with Gasteiger partial charge in [-0.25, -0.2) is 4.79 Å². The lowest BCUT2D eigenvalue weighted by atomic mass is 9.97. The first-order valence-corrected chi connectivity index (χ1v) is 10.0. The zero-order chi connectivity index (χ0) is 22.5. The molecule has 0 atom stereocenters. The molecule has 0 aliphatic carbocycles. The summed E-state index contributed by atoms with van der Waals surface area (Å²) in [6, 6.07) is 18.0. The van der Waals surface area contributed by atoms with Crippen molar-refractivity contribution in [1.82, 2.24) is 0 Å². The van der Waals surface area contributed by atoms with Crippen LogP contribution in [0.2, 0.25) is 0 Å². The van der Waals surface area contributed by atoms with E-state index < -0.39 is 17.4 Å². The predicted molar refractivity (Wildman–Crippen MR) is 116 cm³/mol. The molecule has 0 fully saturated rings. The fourth-order valence-electron chi connectivity index (χ4n) is 4.10. The molecule has 4 nitrogen and oxygen atoms in total. The van der Waals surface area contributed by atoms with Gasteiger partial charge < -0.3 is 14.1 Å². The number of anilines is 1. The van der Waals surface area contributed by atoms with Gasteiger partial charge in [0, 0.05) is 34.8 Å². The van der Waals surface area contributed by atoms with E-state index in [0.29, 0.717) is 23.6 Å². The number of rotatable bonds is 2. The standard InChI is InChI=1S/C25H18F3NO3/c1-15-23-17(13-29(14-31-23)19-9-7-18(8-10-19)25(26,27)28)11-21-20(12-22(30)32-24(15)21)16-5-3-2-4-6-16/h2-12H,13-14H2,1H3. The molecule has 162 valence electrons. The summed E-state index contributed by atoms with van der Waals surface area (Å²) < 4.78 is 50.1. The molecule has 0 bridgehead atoms. The van der Waals surface area contributed by atoms with E-state index in [1.54, 1.807) is 0 Å². The summed E-state index contributed by atoms with van der Waals surface area (Å²) in [7, 11) is 0. The van der Waals surface area contributed by atoms with Gasteiger partial charge in [0.15, 0.2) is 6.73 Å². The fraction of sp³-hybridized carbons (Fsp3) is 0.160. The van der Waals surface area contributed by atoms with E-state index in [2.05, 4.69) is 0 Å². The highest BCUT2D eigenvalue weighted by molar-refractivity contribution is 5.96. The predicted octanol–water partition coefficient (Wildman–Crippen LogP) is 6.14. The average molecular weight is 437 g/mol. The first kappa shape index (κ1) is 20.2. The lowest BCUT2D eigenvalue weighted by Crippen LogP contribution is -2.32. The van der Waals surface area contributed by atoms with E-state index in [1.165, 1.54) is 18.2 Å². The number of nitrogens with zero attached hydrogens (tertiary/aromatic N) is 1.